The molecule has 0 spiro atoms. The third-order valence-electron chi connectivity index (χ3n) is 2.98. The van der Waals surface area contributed by atoms with Crippen LogP contribution in [0.2, 0.25) is 5.02 Å². The van der Waals surface area contributed by atoms with Crippen molar-refractivity contribution in [3.05, 3.63) is 29.3 Å². The average molecular weight is 271 g/mol. The lowest BCUT2D eigenvalue weighted by Gasteiger charge is -2.32. The summed E-state index contributed by atoms with van der Waals surface area (Å²) in [6.07, 6.45) is 0.161. The highest BCUT2D eigenvalue weighted by Crippen LogP contribution is 2.15. The quantitative estimate of drug-likeness (QED) is 0.878. The summed E-state index contributed by atoms with van der Waals surface area (Å²) in [4.78, 5) is 2.32. The topological polar surface area (TPSA) is 47.7 Å². The monoisotopic (exact) mass is 270 g/mol. The molecule has 100 valence electrons. The highest BCUT2D eigenvalue weighted by Gasteiger charge is 2.18. The molecule has 0 bridgehead atoms. The molecule has 1 saturated heterocycles. The van der Waals surface area contributed by atoms with Crippen molar-refractivity contribution in [1.82, 2.24) is 4.90 Å². The van der Waals surface area contributed by atoms with Gasteiger partial charge in [0.15, 0.2) is 0 Å². The number of nitrogens with zero attached hydrogens (tertiary/aromatic N) is 1. The van der Waals surface area contributed by atoms with Gasteiger partial charge in [-0.05, 0) is 24.3 Å². The van der Waals surface area contributed by atoms with Crippen LogP contribution in [0.3, 0.4) is 0 Å². The summed E-state index contributed by atoms with van der Waals surface area (Å²) >= 11 is 5.81. The molecule has 2 N–H and O–H groups in total. The number of nitrogens with two attached hydrogens (primary N) is 1. The second-order valence-corrected chi connectivity index (χ2v) is 4.77. The molecule has 1 aromatic rings. The van der Waals surface area contributed by atoms with Crippen LogP contribution in [0.4, 0.5) is 0 Å². The Bertz CT molecular complexity index is 359. The zero-order valence-corrected chi connectivity index (χ0v) is 11.1. The Morgan fingerprint density at radius 3 is 2.89 bits per heavy atom. The van der Waals surface area contributed by atoms with Gasteiger partial charge in [-0.15, -0.1) is 0 Å². The highest BCUT2D eigenvalue weighted by atomic mass is 35.5. The van der Waals surface area contributed by atoms with E-state index < -0.39 is 0 Å². The van der Waals surface area contributed by atoms with Gasteiger partial charge >= 0.3 is 0 Å². The van der Waals surface area contributed by atoms with E-state index in [-0.39, 0.29) is 6.10 Å². The van der Waals surface area contributed by atoms with Crippen molar-refractivity contribution in [3.8, 4) is 5.75 Å². The Morgan fingerprint density at radius 2 is 2.17 bits per heavy atom. The van der Waals surface area contributed by atoms with E-state index in [0.717, 1.165) is 37.0 Å². The zero-order chi connectivity index (χ0) is 12.8. The maximum Gasteiger partial charge on any atom is 0.119 e. The molecule has 4 nitrogen and oxygen atoms in total. The third-order valence-corrected chi connectivity index (χ3v) is 3.23. The first-order valence-corrected chi connectivity index (χ1v) is 6.58. The number of ether oxygens (including phenoxy) is 2. The fraction of sp³-hybridized carbons (Fsp3) is 0.538. The van der Waals surface area contributed by atoms with E-state index in [4.69, 9.17) is 26.8 Å². The Kier molecular flexibility index (Phi) is 5.26. The summed E-state index contributed by atoms with van der Waals surface area (Å²) < 4.78 is 11.2. The fourth-order valence-electron chi connectivity index (χ4n) is 1.95. The SMILES string of the molecule is NCC1CN(CCOc2ccc(Cl)cc2)CCO1. The largest absolute Gasteiger partial charge is 0.492 e. The Labute approximate surface area is 113 Å². The predicted molar refractivity (Wildman–Crippen MR) is 72.2 cm³/mol. The minimum Gasteiger partial charge on any atom is -0.492 e. The van der Waals surface area contributed by atoms with E-state index in [1.807, 2.05) is 24.3 Å². The van der Waals surface area contributed by atoms with Crippen LogP contribution in [0.25, 0.3) is 0 Å². The van der Waals surface area contributed by atoms with Gasteiger partial charge in [-0.2, -0.15) is 0 Å². The van der Waals surface area contributed by atoms with Gasteiger partial charge in [0.2, 0.25) is 0 Å². The lowest BCUT2D eigenvalue weighted by atomic mass is 10.3. The molecular formula is C13H19ClN2O2. The molecule has 1 fully saturated rings. The van der Waals surface area contributed by atoms with Gasteiger partial charge in [-0.1, -0.05) is 11.6 Å². The summed E-state index contributed by atoms with van der Waals surface area (Å²) in [5, 5.41) is 0.723. The molecule has 5 heteroatoms. The maximum absolute atomic E-state index is 5.81. The van der Waals surface area contributed by atoms with Gasteiger partial charge in [0.1, 0.15) is 12.4 Å². The highest BCUT2D eigenvalue weighted by molar-refractivity contribution is 6.30. The minimum atomic E-state index is 0.161. The molecule has 0 aromatic heterocycles. The molecule has 1 unspecified atom stereocenters. The molecule has 1 heterocycles. The summed E-state index contributed by atoms with van der Waals surface area (Å²) in [5.41, 5.74) is 5.60. The number of rotatable bonds is 5. The van der Waals surface area contributed by atoms with Gasteiger partial charge in [0, 0.05) is 31.2 Å². The first kappa shape index (κ1) is 13.6. The predicted octanol–water partition coefficient (Wildman–Crippen LogP) is 1.38. The van der Waals surface area contributed by atoms with Crippen molar-refractivity contribution in [2.24, 2.45) is 5.73 Å². The number of hydrogen-bond acceptors (Lipinski definition) is 4. The Hall–Kier alpha value is -0.810. The molecule has 1 aromatic carbocycles. The van der Waals surface area contributed by atoms with Crippen LogP contribution in [0.1, 0.15) is 0 Å². The molecule has 1 atom stereocenters. The van der Waals surface area contributed by atoms with E-state index in [0.29, 0.717) is 13.2 Å². The van der Waals surface area contributed by atoms with Crippen molar-refractivity contribution in [2.75, 3.05) is 39.4 Å². The van der Waals surface area contributed by atoms with E-state index in [2.05, 4.69) is 4.90 Å². The molecule has 2 rings (SSSR count). The fourth-order valence-corrected chi connectivity index (χ4v) is 2.08. The zero-order valence-electron chi connectivity index (χ0n) is 10.3. The van der Waals surface area contributed by atoms with Crippen LogP contribution in [0, 0.1) is 0 Å². The normalized spacial score (nSPS) is 20.9. The maximum atomic E-state index is 5.81. The van der Waals surface area contributed by atoms with Gasteiger partial charge in [0.05, 0.1) is 12.7 Å². The van der Waals surface area contributed by atoms with Crippen LogP contribution < -0.4 is 10.5 Å². The second kappa shape index (κ2) is 6.95. The van der Waals surface area contributed by atoms with Crippen molar-refractivity contribution in [1.29, 1.82) is 0 Å². The average Bonchev–Trinajstić information content (AvgIpc) is 2.41. The molecule has 0 radical (unpaired) electrons. The van der Waals surface area contributed by atoms with Crippen LogP contribution in [0.5, 0.6) is 5.75 Å². The van der Waals surface area contributed by atoms with Crippen molar-refractivity contribution < 1.29 is 9.47 Å². The standard InChI is InChI=1S/C13H19ClN2O2/c14-11-1-3-12(4-2-11)17-7-5-16-6-8-18-13(9-15)10-16/h1-4,13H,5-10,15H2. The number of hydrogen-bond donors (Lipinski definition) is 1. The molecular weight excluding hydrogens is 252 g/mol. The van der Waals surface area contributed by atoms with Gasteiger partial charge < -0.3 is 15.2 Å². The Balaban J connectivity index is 1.70. The first-order chi connectivity index (χ1) is 8.78. The van der Waals surface area contributed by atoms with Gasteiger partial charge in [0.25, 0.3) is 0 Å². The molecule has 0 aliphatic carbocycles. The van der Waals surface area contributed by atoms with Gasteiger partial charge in [-0.3, -0.25) is 4.90 Å². The third kappa shape index (κ3) is 4.14. The van der Waals surface area contributed by atoms with Gasteiger partial charge in [-0.25, -0.2) is 0 Å². The van der Waals surface area contributed by atoms with Crippen molar-refractivity contribution in [2.45, 2.75) is 6.10 Å². The van der Waals surface area contributed by atoms with Crippen LogP contribution in [-0.2, 0) is 4.74 Å². The van der Waals surface area contributed by atoms with Crippen LogP contribution in [-0.4, -0.2) is 50.4 Å². The molecule has 1 aliphatic heterocycles. The van der Waals surface area contributed by atoms with Crippen LogP contribution >= 0.6 is 11.6 Å². The minimum absolute atomic E-state index is 0.161. The molecule has 18 heavy (non-hydrogen) atoms. The number of benzene rings is 1. The van der Waals surface area contributed by atoms with E-state index in [9.17, 15) is 0 Å². The molecule has 0 amide bonds. The van der Waals surface area contributed by atoms with E-state index in [1.165, 1.54) is 0 Å². The molecule has 0 saturated carbocycles. The summed E-state index contributed by atoms with van der Waals surface area (Å²) in [7, 11) is 0. The lowest BCUT2D eigenvalue weighted by molar-refractivity contribution is -0.0261. The molecule has 1 aliphatic rings. The smallest absolute Gasteiger partial charge is 0.119 e. The summed E-state index contributed by atoms with van der Waals surface area (Å²) in [6, 6.07) is 7.42. The van der Waals surface area contributed by atoms with Crippen molar-refractivity contribution in [3.63, 3.8) is 0 Å². The first-order valence-electron chi connectivity index (χ1n) is 6.20. The summed E-state index contributed by atoms with van der Waals surface area (Å²) in [5.74, 6) is 0.850. The number of morpholine rings is 1. The second-order valence-electron chi connectivity index (χ2n) is 4.33. The lowest BCUT2D eigenvalue weighted by Crippen LogP contribution is -2.46. The van der Waals surface area contributed by atoms with E-state index >= 15 is 0 Å². The number of halogens is 1. The summed E-state index contributed by atoms with van der Waals surface area (Å²) in [6.45, 7) is 4.72. The van der Waals surface area contributed by atoms with E-state index in [1.54, 1.807) is 0 Å². The Morgan fingerprint density at radius 1 is 1.39 bits per heavy atom. The van der Waals surface area contributed by atoms with Crippen molar-refractivity contribution >= 4 is 11.6 Å². The van der Waals surface area contributed by atoms with Crippen LogP contribution in [0.15, 0.2) is 24.3 Å².